The summed E-state index contributed by atoms with van der Waals surface area (Å²) in [6, 6.07) is 5.83. The minimum Gasteiger partial charge on any atom is -0.480 e. The topological polar surface area (TPSA) is 91.3 Å². The maximum Gasteiger partial charge on any atom is 0.326 e. The highest BCUT2D eigenvalue weighted by Gasteiger charge is 2.23. The van der Waals surface area contributed by atoms with Gasteiger partial charge < -0.3 is 15.7 Å². The molecule has 21 heavy (non-hydrogen) atoms. The number of carboxylic acids is 1. The quantitative estimate of drug-likeness (QED) is 0.805. The molecule has 0 spiro atoms. The summed E-state index contributed by atoms with van der Waals surface area (Å²) in [5, 5.41) is 16.0. The molecule has 6 heteroatoms. The van der Waals surface area contributed by atoms with Crippen molar-refractivity contribution in [3.8, 4) is 0 Å². The van der Waals surface area contributed by atoms with Crippen LogP contribution in [0.15, 0.2) is 36.7 Å². The van der Waals surface area contributed by atoms with Crippen LogP contribution in [-0.4, -0.2) is 28.1 Å². The lowest BCUT2D eigenvalue weighted by Gasteiger charge is -2.18. The van der Waals surface area contributed by atoms with E-state index in [-0.39, 0.29) is 5.92 Å². The van der Waals surface area contributed by atoms with Crippen LogP contribution in [0, 0.1) is 5.92 Å². The fraction of sp³-hybridized carbons (Fsp3) is 0.267. The van der Waals surface area contributed by atoms with Gasteiger partial charge in [-0.2, -0.15) is 0 Å². The third-order valence-corrected chi connectivity index (χ3v) is 3.15. The van der Waals surface area contributed by atoms with Gasteiger partial charge in [0.05, 0.1) is 5.69 Å². The second-order valence-electron chi connectivity index (χ2n) is 5.06. The molecule has 2 aromatic rings. The molecule has 0 saturated carbocycles. The average molecular weight is 287 g/mol. The summed E-state index contributed by atoms with van der Waals surface area (Å²) < 4.78 is 0. The third-order valence-electron chi connectivity index (χ3n) is 3.15. The zero-order valence-corrected chi connectivity index (χ0v) is 11.8. The first-order chi connectivity index (χ1) is 9.99. The molecule has 0 radical (unpaired) electrons. The molecule has 0 fully saturated rings. The number of hydrogen-bond donors (Lipinski definition) is 3. The van der Waals surface area contributed by atoms with Gasteiger partial charge in [-0.15, -0.1) is 0 Å². The van der Waals surface area contributed by atoms with Gasteiger partial charge in [0.15, 0.2) is 0 Å². The number of carbonyl (C=O) groups is 2. The fourth-order valence-corrected chi connectivity index (χ4v) is 2.04. The van der Waals surface area contributed by atoms with E-state index in [1.54, 1.807) is 32.3 Å². The normalized spacial score (nSPS) is 12.1. The number of hydrogen-bond acceptors (Lipinski definition) is 3. The van der Waals surface area contributed by atoms with Crippen LogP contribution in [0.25, 0.3) is 10.8 Å². The van der Waals surface area contributed by atoms with Gasteiger partial charge in [0.25, 0.3) is 0 Å². The van der Waals surface area contributed by atoms with Gasteiger partial charge in [-0.25, -0.2) is 9.59 Å². The smallest absolute Gasteiger partial charge is 0.326 e. The number of pyridine rings is 1. The van der Waals surface area contributed by atoms with Crippen LogP contribution in [0.4, 0.5) is 10.5 Å². The zero-order valence-electron chi connectivity index (χ0n) is 11.8. The van der Waals surface area contributed by atoms with E-state index in [1.807, 2.05) is 18.2 Å². The summed E-state index contributed by atoms with van der Waals surface area (Å²) in [5.41, 5.74) is 0.589. The summed E-state index contributed by atoms with van der Waals surface area (Å²) in [6.07, 6.45) is 3.33. The Kier molecular flexibility index (Phi) is 4.37. The Labute approximate surface area is 122 Å². The summed E-state index contributed by atoms with van der Waals surface area (Å²) in [5.74, 6) is -1.26. The van der Waals surface area contributed by atoms with Crippen molar-refractivity contribution in [1.29, 1.82) is 0 Å². The predicted molar refractivity (Wildman–Crippen MR) is 80.2 cm³/mol. The minimum atomic E-state index is -1.06. The molecule has 0 saturated heterocycles. The van der Waals surface area contributed by atoms with Crippen LogP contribution in [0.3, 0.4) is 0 Å². The van der Waals surface area contributed by atoms with Crippen molar-refractivity contribution >= 4 is 28.5 Å². The molecule has 1 atom stereocenters. The number of carboxylic acid groups (broad SMARTS) is 1. The highest BCUT2D eigenvalue weighted by molar-refractivity contribution is 6.01. The first-order valence-corrected chi connectivity index (χ1v) is 6.62. The Morgan fingerprint density at radius 1 is 1.24 bits per heavy atom. The molecule has 1 unspecified atom stereocenters. The van der Waals surface area contributed by atoms with E-state index < -0.39 is 18.0 Å². The van der Waals surface area contributed by atoms with Gasteiger partial charge in [0.2, 0.25) is 0 Å². The number of anilines is 1. The second kappa shape index (κ2) is 6.21. The van der Waals surface area contributed by atoms with Crippen molar-refractivity contribution in [2.45, 2.75) is 19.9 Å². The number of rotatable bonds is 4. The molecule has 6 nitrogen and oxygen atoms in total. The first kappa shape index (κ1) is 14.8. The number of fused-ring (bicyclic) bond motifs is 1. The lowest BCUT2D eigenvalue weighted by molar-refractivity contribution is -0.140. The molecule has 1 heterocycles. The molecular weight excluding hydrogens is 270 g/mol. The van der Waals surface area contributed by atoms with E-state index in [2.05, 4.69) is 15.6 Å². The average Bonchev–Trinajstić information content (AvgIpc) is 2.44. The number of amides is 2. The first-order valence-electron chi connectivity index (χ1n) is 6.62. The molecule has 0 bridgehead atoms. The van der Waals surface area contributed by atoms with E-state index in [9.17, 15) is 9.59 Å². The van der Waals surface area contributed by atoms with Crippen LogP contribution < -0.4 is 10.6 Å². The van der Waals surface area contributed by atoms with Gasteiger partial charge in [-0.1, -0.05) is 26.0 Å². The highest BCUT2D eigenvalue weighted by Crippen LogP contribution is 2.21. The summed E-state index contributed by atoms with van der Waals surface area (Å²) in [7, 11) is 0. The zero-order chi connectivity index (χ0) is 15.4. The van der Waals surface area contributed by atoms with Crippen LogP contribution in [-0.2, 0) is 4.79 Å². The molecule has 2 amide bonds. The fourth-order valence-electron chi connectivity index (χ4n) is 2.04. The number of nitrogens with zero attached hydrogens (tertiary/aromatic N) is 1. The number of benzene rings is 1. The monoisotopic (exact) mass is 287 g/mol. The summed E-state index contributed by atoms with van der Waals surface area (Å²) >= 11 is 0. The number of aromatic nitrogens is 1. The van der Waals surface area contributed by atoms with Crippen LogP contribution in [0.2, 0.25) is 0 Å². The molecule has 2 rings (SSSR count). The summed E-state index contributed by atoms with van der Waals surface area (Å²) in [6.45, 7) is 3.47. The van der Waals surface area contributed by atoms with Crippen molar-refractivity contribution in [2.24, 2.45) is 5.92 Å². The molecule has 1 aromatic heterocycles. The van der Waals surface area contributed by atoms with Gasteiger partial charge in [-0.05, 0) is 23.4 Å². The van der Waals surface area contributed by atoms with Crippen LogP contribution in [0.5, 0.6) is 0 Å². The Balaban J connectivity index is 2.17. The largest absolute Gasteiger partial charge is 0.480 e. The number of aliphatic carboxylic acids is 1. The molecule has 0 aliphatic carbocycles. The van der Waals surface area contributed by atoms with Gasteiger partial charge >= 0.3 is 12.0 Å². The van der Waals surface area contributed by atoms with E-state index >= 15 is 0 Å². The van der Waals surface area contributed by atoms with E-state index in [1.165, 1.54) is 0 Å². The maximum absolute atomic E-state index is 12.0. The lowest BCUT2D eigenvalue weighted by atomic mass is 10.1. The molecule has 110 valence electrons. The standard InChI is InChI=1S/C15H17N3O3/c1-9(2)13(14(19)20)18-15(21)17-12-5-3-4-10-6-7-16-8-11(10)12/h3-9,13H,1-2H3,(H,19,20)(H2,17,18,21). The van der Waals surface area contributed by atoms with E-state index in [0.29, 0.717) is 5.69 Å². The second-order valence-corrected chi connectivity index (χ2v) is 5.06. The van der Waals surface area contributed by atoms with E-state index in [4.69, 9.17) is 5.11 Å². The van der Waals surface area contributed by atoms with Gasteiger partial charge in [0.1, 0.15) is 6.04 Å². The van der Waals surface area contributed by atoms with Crippen molar-refractivity contribution < 1.29 is 14.7 Å². The van der Waals surface area contributed by atoms with Crippen LogP contribution >= 0.6 is 0 Å². The van der Waals surface area contributed by atoms with Crippen molar-refractivity contribution in [1.82, 2.24) is 10.3 Å². The van der Waals surface area contributed by atoms with Gasteiger partial charge in [-0.3, -0.25) is 4.98 Å². The number of nitrogens with one attached hydrogen (secondary N) is 2. The molecular formula is C15H17N3O3. The number of carbonyl (C=O) groups excluding carboxylic acids is 1. The SMILES string of the molecule is CC(C)C(NC(=O)Nc1cccc2ccncc12)C(=O)O. The van der Waals surface area contributed by atoms with E-state index in [0.717, 1.165) is 10.8 Å². The number of urea groups is 1. The van der Waals surface area contributed by atoms with Crippen molar-refractivity contribution in [3.05, 3.63) is 36.7 Å². The minimum absolute atomic E-state index is 0.206. The molecule has 0 aliphatic heterocycles. The lowest BCUT2D eigenvalue weighted by Crippen LogP contribution is -2.46. The van der Waals surface area contributed by atoms with Gasteiger partial charge in [0, 0.05) is 17.8 Å². The maximum atomic E-state index is 12.0. The molecule has 0 aliphatic rings. The Morgan fingerprint density at radius 2 is 2.00 bits per heavy atom. The Bertz CT molecular complexity index is 665. The molecule has 1 aromatic carbocycles. The third kappa shape index (κ3) is 3.47. The predicted octanol–water partition coefficient (Wildman–Crippen LogP) is 2.47. The Hall–Kier alpha value is -2.63. The van der Waals surface area contributed by atoms with Crippen LogP contribution in [0.1, 0.15) is 13.8 Å². The van der Waals surface area contributed by atoms with Crippen molar-refractivity contribution in [2.75, 3.05) is 5.32 Å². The van der Waals surface area contributed by atoms with Crippen molar-refractivity contribution in [3.63, 3.8) is 0 Å². The Morgan fingerprint density at radius 3 is 2.67 bits per heavy atom. The summed E-state index contributed by atoms with van der Waals surface area (Å²) in [4.78, 5) is 27.1. The molecule has 3 N–H and O–H groups in total. The highest BCUT2D eigenvalue weighted by atomic mass is 16.4.